The van der Waals surface area contributed by atoms with E-state index < -0.39 is 0 Å². The molecule has 6 nitrogen and oxygen atoms in total. The number of anilines is 1. The monoisotopic (exact) mass is 339 g/mol. The number of aromatic nitrogens is 2. The number of H-pyrrole nitrogens is 1. The number of rotatable bonds is 8. The molecule has 0 atom stereocenters. The Morgan fingerprint density at radius 1 is 1.12 bits per heavy atom. The molecule has 3 aromatic rings. The van der Waals surface area contributed by atoms with Gasteiger partial charge in [0.2, 0.25) is 5.91 Å². The molecule has 0 saturated heterocycles. The van der Waals surface area contributed by atoms with Crippen LogP contribution in [0, 0.1) is 0 Å². The van der Waals surface area contributed by atoms with Gasteiger partial charge in [-0.1, -0.05) is 12.1 Å². The third-order valence-electron chi connectivity index (χ3n) is 3.70. The van der Waals surface area contributed by atoms with Crippen molar-refractivity contribution in [3.63, 3.8) is 0 Å². The van der Waals surface area contributed by atoms with Gasteiger partial charge in [-0.25, -0.2) is 0 Å². The molecule has 6 heteroatoms. The maximum Gasteiger partial charge on any atom is 0.224 e. The zero-order valence-electron chi connectivity index (χ0n) is 14.1. The number of hydrogen-bond donors (Lipinski definition) is 2. The molecule has 1 heterocycles. The molecule has 0 spiro atoms. The van der Waals surface area contributed by atoms with E-state index in [0.29, 0.717) is 26.1 Å². The molecule has 2 aromatic carbocycles. The molecule has 1 aromatic heterocycles. The van der Waals surface area contributed by atoms with Crippen LogP contribution in [0.4, 0.5) is 5.69 Å². The molecule has 0 radical (unpaired) electrons. The maximum absolute atomic E-state index is 12.1. The van der Waals surface area contributed by atoms with Crippen molar-refractivity contribution >= 4 is 22.5 Å². The van der Waals surface area contributed by atoms with E-state index in [4.69, 9.17) is 9.47 Å². The second-order valence-electron chi connectivity index (χ2n) is 5.54. The Morgan fingerprint density at radius 3 is 2.64 bits per heavy atom. The molecule has 3 rings (SSSR count). The third kappa shape index (κ3) is 4.50. The number of aromatic amines is 1. The Labute approximate surface area is 146 Å². The molecule has 25 heavy (non-hydrogen) atoms. The number of fused-ring (bicyclic) bond motifs is 1. The van der Waals surface area contributed by atoms with Gasteiger partial charge in [0.25, 0.3) is 0 Å². The quantitative estimate of drug-likeness (QED) is 0.613. The number of hydrogen-bond acceptors (Lipinski definition) is 4. The molecule has 0 saturated carbocycles. The summed E-state index contributed by atoms with van der Waals surface area (Å²) in [5.74, 6) is 1.55. The van der Waals surface area contributed by atoms with Crippen molar-refractivity contribution < 1.29 is 14.3 Å². The highest BCUT2D eigenvalue weighted by molar-refractivity contribution is 6.00. The molecule has 1 amide bonds. The van der Waals surface area contributed by atoms with Crippen LogP contribution < -0.4 is 14.8 Å². The summed E-state index contributed by atoms with van der Waals surface area (Å²) in [6.45, 7) is 3.07. The highest BCUT2D eigenvalue weighted by Crippen LogP contribution is 2.21. The average Bonchev–Trinajstić information content (AvgIpc) is 3.10. The standard InChI is InChI=1S/C19H21N3O3/c1-2-24-15-8-10-16(11-9-15)25-12-4-7-18(23)21-17-6-3-5-14-13-20-22-19(14)17/h3,5-6,8-11,13H,2,4,7,12H2,1H3,(H,20,22)(H,21,23). The minimum Gasteiger partial charge on any atom is -0.494 e. The third-order valence-corrected chi connectivity index (χ3v) is 3.70. The van der Waals surface area contributed by atoms with E-state index in [2.05, 4.69) is 15.5 Å². The second kappa shape index (κ2) is 8.19. The summed E-state index contributed by atoms with van der Waals surface area (Å²) in [7, 11) is 0. The number of carbonyl (C=O) groups excluding carboxylic acids is 1. The van der Waals surface area contributed by atoms with E-state index in [1.807, 2.05) is 49.4 Å². The molecular formula is C19H21N3O3. The first-order valence-corrected chi connectivity index (χ1v) is 8.34. The van der Waals surface area contributed by atoms with Gasteiger partial charge in [-0.2, -0.15) is 5.10 Å². The Morgan fingerprint density at radius 2 is 1.88 bits per heavy atom. The van der Waals surface area contributed by atoms with Crippen LogP contribution in [0.2, 0.25) is 0 Å². The topological polar surface area (TPSA) is 76.2 Å². The van der Waals surface area contributed by atoms with Crippen LogP contribution in [0.25, 0.3) is 10.9 Å². The average molecular weight is 339 g/mol. The fourth-order valence-electron chi connectivity index (χ4n) is 2.51. The molecule has 0 fully saturated rings. The van der Waals surface area contributed by atoms with Crippen LogP contribution in [-0.4, -0.2) is 29.3 Å². The molecule has 0 bridgehead atoms. The highest BCUT2D eigenvalue weighted by Gasteiger charge is 2.07. The first-order chi connectivity index (χ1) is 12.3. The van der Waals surface area contributed by atoms with Gasteiger partial charge in [-0.05, 0) is 43.7 Å². The Bertz CT molecular complexity index is 827. The Balaban J connectivity index is 1.43. The van der Waals surface area contributed by atoms with Gasteiger partial charge in [0.15, 0.2) is 0 Å². The SMILES string of the molecule is CCOc1ccc(OCCCC(=O)Nc2cccc3cn[nH]c23)cc1. The Hall–Kier alpha value is -3.02. The summed E-state index contributed by atoms with van der Waals surface area (Å²) in [5.41, 5.74) is 1.58. The lowest BCUT2D eigenvalue weighted by Crippen LogP contribution is -2.13. The van der Waals surface area contributed by atoms with E-state index >= 15 is 0 Å². The predicted octanol–water partition coefficient (Wildman–Crippen LogP) is 3.76. The van der Waals surface area contributed by atoms with Gasteiger partial charge in [0.1, 0.15) is 11.5 Å². The highest BCUT2D eigenvalue weighted by atomic mass is 16.5. The number of carbonyl (C=O) groups is 1. The second-order valence-corrected chi connectivity index (χ2v) is 5.54. The number of nitrogens with zero attached hydrogens (tertiary/aromatic N) is 1. The van der Waals surface area contributed by atoms with Gasteiger partial charge >= 0.3 is 0 Å². The summed E-state index contributed by atoms with van der Waals surface area (Å²) in [4.78, 5) is 12.1. The van der Waals surface area contributed by atoms with Gasteiger partial charge in [-0.15, -0.1) is 0 Å². The van der Waals surface area contributed by atoms with Crippen molar-refractivity contribution in [1.82, 2.24) is 10.2 Å². The van der Waals surface area contributed by atoms with Gasteiger partial charge < -0.3 is 14.8 Å². The van der Waals surface area contributed by atoms with Crippen molar-refractivity contribution in [2.24, 2.45) is 0 Å². The van der Waals surface area contributed by atoms with Crippen LogP contribution in [0.3, 0.4) is 0 Å². The molecule has 2 N–H and O–H groups in total. The fourth-order valence-corrected chi connectivity index (χ4v) is 2.51. The molecule has 0 aliphatic heterocycles. The van der Waals surface area contributed by atoms with Crippen LogP contribution in [0.1, 0.15) is 19.8 Å². The first kappa shape index (κ1) is 16.8. The van der Waals surface area contributed by atoms with E-state index in [0.717, 1.165) is 28.1 Å². The number of amides is 1. The lowest BCUT2D eigenvalue weighted by atomic mass is 10.2. The lowest BCUT2D eigenvalue weighted by Gasteiger charge is -2.08. The number of nitrogens with one attached hydrogen (secondary N) is 2. The summed E-state index contributed by atoms with van der Waals surface area (Å²) in [6.07, 6.45) is 2.76. The van der Waals surface area contributed by atoms with E-state index in [9.17, 15) is 4.79 Å². The maximum atomic E-state index is 12.1. The van der Waals surface area contributed by atoms with Gasteiger partial charge in [0, 0.05) is 11.8 Å². The zero-order chi connectivity index (χ0) is 17.5. The lowest BCUT2D eigenvalue weighted by molar-refractivity contribution is -0.116. The predicted molar refractivity (Wildman–Crippen MR) is 97.1 cm³/mol. The number of benzene rings is 2. The van der Waals surface area contributed by atoms with Crippen LogP contribution in [0.15, 0.2) is 48.7 Å². The van der Waals surface area contributed by atoms with Crippen molar-refractivity contribution in [1.29, 1.82) is 0 Å². The summed E-state index contributed by atoms with van der Waals surface area (Å²) in [6, 6.07) is 13.2. The Kier molecular flexibility index (Phi) is 5.51. The minimum absolute atomic E-state index is 0.0441. The molecule has 0 aliphatic carbocycles. The normalized spacial score (nSPS) is 10.6. The van der Waals surface area contributed by atoms with Crippen molar-refractivity contribution in [2.45, 2.75) is 19.8 Å². The van der Waals surface area contributed by atoms with Gasteiger partial charge in [-0.3, -0.25) is 9.89 Å². The molecule has 130 valence electrons. The summed E-state index contributed by atoms with van der Waals surface area (Å²) < 4.78 is 11.0. The molecule has 0 aliphatic rings. The van der Waals surface area contributed by atoms with E-state index in [1.165, 1.54) is 0 Å². The molecule has 0 unspecified atom stereocenters. The van der Waals surface area contributed by atoms with E-state index in [1.54, 1.807) is 6.20 Å². The van der Waals surface area contributed by atoms with E-state index in [-0.39, 0.29) is 5.91 Å². The summed E-state index contributed by atoms with van der Waals surface area (Å²) >= 11 is 0. The van der Waals surface area contributed by atoms with Crippen molar-refractivity contribution in [3.8, 4) is 11.5 Å². The largest absolute Gasteiger partial charge is 0.494 e. The van der Waals surface area contributed by atoms with Crippen LogP contribution in [-0.2, 0) is 4.79 Å². The van der Waals surface area contributed by atoms with Crippen LogP contribution >= 0.6 is 0 Å². The zero-order valence-corrected chi connectivity index (χ0v) is 14.1. The van der Waals surface area contributed by atoms with Crippen molar-refractivity contribution in [3.05, 3.63) is 48.7 Å². The van der Waals surface area contributed by atoms with Crippen LogP contribution in [0.5, 0.6) is 11.5 Å². The fraction of sp³-hybridized carbons (Fsp3) is 0.263. The summed E-state index contributed by atoms with van der Waals surface area (Å²) in [5, 5.41) is 10.8. The smallest absolute Gasteiger partial charge is 0.224 e. The minimum atomic E-state index is -0.0441. The number of para-hydroxylation sites is 1. The molecular weight excluding hydrogens is 318 g/mol. The van der Waals surface area contributed by atoms with Crippen molar-refractivity contribution in [2.75, 3.05) is 18.5 Å². The van der Waals surface area contributed by atoms with Gasteiger partial charge in [0.05, 0.1) is 30.6 Å². The number of ether oxygens (including phenoxy) is 2. The first-order valence-electron chi connectivity index (χ1n) is 8.34.